The predicted octanol–water partition coefficient (Wildman–Crippen LogP) is 1.27. The third-order valence-electron chi connectivity index (χ3n) is 4.96. The van der Waals surface area contributed by atoms with Crippen LogP contribution in [0.4, 0.5) is 5.82 Å². The minimum atomic E-state index is -0.594. The molecule has 9 nitrogen and oxygen atoms in total. The summed E-state index contributed by atoms with van der Waals surface area (Å²) in [5.74, 6) is -0.760. The van der Waals surface area contributed by atoms with Crippen LogP contribution in [0.2, 0.25) is 0 Å². The molecule has 2 amide bonds. The number of hydrogen-bond acceptors (Lipinski definition) is 5. The highest BCUT2D eigenvalue weighted by Crippen LogP contribution is 2.27. The number of nitrogens with one attached hydrogen (secondary N) is 1. The maximum Gasteiger partial charge on any atom is 0.270 e. The molecule has 0 unspecified atom stereocenters. The van der Waals surface area contributed by atoms with Gasteiger partial charge in [0.15, 0.2) is 11.4 Å². The standard InChI is InChI=1S/C19H25N5O4/c1-19(2,3)10-23-13-9-12(22-8-4-5-14(22)25)21-24(13)18(28)15(17(23)27)16(26)20-11-6-7-11/h9,11,28H,4-8,10H2,1-3H3,(H,20,26). The molecule has 150 valence electrons. The molecule has 2 fully saturated rings. The van der Waals surface area contributed by atoms with Crippen LogP contribution < -0.4 is 15.8 Å². The molecule has 0 bridgehead atoms. The van der Waals surface area contributed by atoms with E-state index in [1.807, 2.05) is 20.8 Å². The van der Waals surface area contributed by atoms with Crippen LogP contribution in [0.15, 0.2) is 10.9 Å². The second kappa shape index (κ2) is 6.35. The number of nitrogens with zero attached hydrogens (tertiary/aromatic N) is 4. The van der Waals surface area contributed by atoms with E-state index in [2.05, 4.69) is 10.4 Å². The van der Waals surface area contributed by atoms with E-state index in [-0.39, 0.29) is 22.9 Å². The highest BCUT2D eigenvalue weighted by atomic mass is 16.3. The normalized spacial score (nSPS) is 17.5. The van der Waals surface area contributed by atoms with Gasteiger partial charge in [-0.05, 0) is 24.7 Å². The molecule has 28 heavy (non-hydrogen) atoms. The van der Waals surface area contributed by atoms with Gasteiger partial charge in [0.05, 0.1) is 0 Å². The monoisotopic (exact) mass is 387 g/mol. The van der Waals surface area contributed by atoms with Crippen molar-refractivity contribution in [1.29, 1.82) is 0 Å². The highest BCUT2D eigenvalue weighted by molar-refractivity contribution is 5.97. The fourth-order valence-electron chi connectivity index (χ4n) is 3.48. The summed E-state index contributed by atoms with van der Waals surface area (Å²) < 4.78 is 2.65. The summed E-state index contributed by atoms with van der Waals surface area (Å²) in [5, 5.41) is 17.8. The number of carbonyl (C=O) groups excluding carboxylic acids is 2. The first-order chi connectivity index (χ1) is 13.2. The average molecular weight is 387 g/mol. The second-order valence-electron chi connectivity index (χ2n) is 8.82. The van der Waals surface area contributed by atoms with E-state index in [0.29, 0.717) is 31.0 Å². The maximum absolute atomic E-state index is 13.1. The topological polar surface area (TPSA) is 109 Å². The number of aromatic hydroxyl groups is 1. The molecule has 0 radical (unpaired) electrons. The number of anilines is 1. The first-order valence-corrected chi connectivity index (χ1v) is 9.62. The number of hydrogen-bond donors (Lipinski definition) is 2. The van der Waals surface area contributed by atoms with Gasteiger partial charge in [0.25, 0.3) is 11.5 Å². The van der Waals surface area contributed by atoms with Gasteiger partial charge < -0.3 is 10.4 Å². The molecule has 1 saturated carbocycles. The van der Waals surface area contributed by atoms with Gasteiger partial charge in [0.2, 0.25) is 11.8 Å². The van der Waals surface area contributed by atoms with E-state index in [1.165, 1.54) is 9.08 Å². The number of aromatic nitrogens is 3. The lowest BCUT2D eigenvalue weighted by molar-refractivity contribution is -0.117. The lowest BCUT2D eigenvalue weighted by atomic mass is 9.97. The van der Waals surface area contributed by atoms with Gasteiger partial charge in [-0.3, -0.25) is 23.9 Å². The van der Waals surface area contributed by atoms with E-state index in [0.717, 1.165) is 19.3 Å². The smallest absolute Gasteiger partial charge is 0.270 e. The molecule has 3 heterocycles. The van der Waals surface area contributed by atoms with Crippen LogP contribution in [-0.4, -0.2) is 43.7 Å². The molecular formula is C19H25N5O4. The predicted molar refractivity (Wildman–Crippen MR) is 103 cm³/mol. The maximum atomic E-state index is 13.1. The minimum absolute atomic E-state index is 0.0423. The fourth-order valence-corrected chi connectivity index (χ4v) is 3.48. The zero-order valence-corrected chi connectivity index (χ0v) is 16.4. The first-order valence-electron chi connectivity index (χ1n) is 9.62. The summed E-state index contributed by atoms with van der Waals surface area (Å²) in [6.07, 6.45) is 2.92. The van der Waals surface area contributed by atoms with Crippen LogP contribution in [0.3, 0.4) is 0 Å². The van der Waals surface area contributed by atoms with Gasteiger partial charge in [-0.1, -0.05) is 20.8 Å². The molecule has 1 saturated heterocycles. The zero-order valence-electron chi connectivity index (χ0n) is 16.4. The Hall–Kier alpha value is -2.84. The van der Waals surface area contributed by atoms with Crippen LogP contribution in [0.25, 0.3) is 5.65 Å². The zero-order chi connectivity index (χ0) is 20.2. The first kappa shape index (κ1) is 18.5. The van der Waals surface area contributed by atoms with Crippen molar-refractivity contribution in [3.8, 4) is 5.88 Å². The Balaban J connectivity index is 1.90. The van der Waals surface area contributed by atoms with Crippen LogP contribution in [0.1, 0.15) is 56.8 Å². The van der Waals surface area contributed by atoms with Crippen molar-refractivity contribution in [1.82, 2.24) is 19.5 Å². The largest absolute Gasteiger partial charge is 0.492 e. The van der Waals surface area contributed by atoms with Crippen molar-refractivity contribution >= 4 is 23.3 Å². The van der Waals surface area contributed by atoms with E-state index >= 15 is 0 Å². The average Bonchev–Trinajstić information content (AvgIpc) is 3.12. The summed E-state index contributed by atoms with van der Waals surface area (Å²) in [6.45, 7) is 6.82. The SMILES string of the molecule is CC(C)(C)Cn1c(=O)c(C(=O)NC2CC2)c(O)n2nc(N3CCCC3=O)cc12. The molecule has 0 spiro atoms. The van der Waals surface area contributed by atoms with E-state index in [1.54, 1.807) is 11.0 Å². The lowest BCUT2D eigenvalue weighted by Crippen LogP contribution is -2.37. The minimum Gasteiger partial charge on any atom is -0.492 e. The molecule has 0 aromatic carbocycles. The molecule has 2 N–H and O–H groups in total. The third kappa shape index (κ3) is 3.25. The highest BCUT2D eigenvalue weighted by Gasteiger charge is 2.31. The summed E-state index contributed by atoms with van der Waals surface area (Å²) in [6, 6.07) is 1.67. The van der Waals surface area contributed by atoms with Crippen molar-refractivity contribution in [3.63, 3.8) is 0 Å². The van der Waals surface area contributed by atoms with Gasteiger partial charge >= 0.3 is 0 Å². The molecule has 1 aliphatic carbocycles. The number of rotatable bonds is 4. The summed E-state index contributed by atoms with van der Waals surface area (Å²) in [7, 11) is 0. The van der Waals surface area contributed by atoms with E-state index in [4.69, 9.17) is 0 Å². The summed E-state index contributed by atoms with van der Waals surface area (Å²) in [4.78, 5) is 39.4. The second-order valence-corrected chi connectivity index (χ2v) is 8.82. The van der Waals surface area contributed by atoms with Crippen molar-refractivity contribution in [2.45, 2.75) is 59.0 Å². The third-order valence-corrected chi connectivity index (χ3v) is 4.96. The van der Waals surface area contributed by atoms with Crippen LogP contribution in [-0.2, 0) is 11.3 Å². The van der Waals surface area contributed by atoms with Gasteiger partial charge in [0.1, 0.15) is 5.65 Å². The van der Waals surface area contributed by atoms with Crippen molar-refractivity contribution in [2.24, 2.45) is 5.41 Å². The Bertz CT molecular complexity index is 1030. The van der Waals surface area contributed by atoms with Gasteiger partial charge in [-0.15, -0.1) is 5.10 Å². The molecule has 9 heteroatoms. The van der Waals surface area contributed by atoms with Gasteiger partial charge in [-0.25, -0.2) is 0 Å². The molecule has 2 aliphatic rings. The van der Waals surface area contributed by atoms with Crippen LogP contribution >= 0.6 is 0 Å². The molecule has 0 atom stereocenters. The molecular weight excluding hydrogens is 362 g/mol. The Labute approximate surface area is 161 Å². The fraction of sp³-hybridized carbons (Fsp3) is 0.579. The quantitative estimate of drug-likeness (QED) is 0.821. The Kier molecular flexibility index (Phi) is 4.20. The Morgan fingerprint density at radius 3 is 2.61 bits per heavy atom. The van der Waals surface area contributed by atoms with E-state index < -0.39 is 17.3 Å². The molecule has 1 aliphatic heterocycles. The lowest BCUT2D eigenvalue weighted by Gasteiger charge is -2.21. The Morgan fingerprint density at radius 2 is 2.04 bits per heavy atom. The van der Waals surface area contributed by atoms with Crippen LogP contribution in [0.5, 0.6) is 5.88 Å². The van der Waals surface area contributed by atoms with Crippen molar-refractivity contribution in [3.05, 3.63) is 22.0 Å². The number of amides is 2. The molecule has 4 rings (SSSR count). The van der Waals surface area contributed by atoms with Crippen LogP contribution in [0, 0.1) is 5.41 Å². The molecule has 2 aromatic heterocycles. The van der Waals surface area contributed by atoms with Gasteiger partial charge in [0, 0.05) is 31.6 Å². The Morgan fingerprint density at radius 1 is 1.32 bits per heavy atom. The van der Waals surface area contributed by atoms with E-state index in [9.17, 15) is 19.5 Å². The molecule has 2 aromatic rings. The number of carbonyl (C=O) groups is 2. The number of fused-ring (bicyclic) bond motifs is 1. The summed E-state index contributed by atoms with van der Waals surface area (Å²) in [5.41, 5.74) is -0.766. The van der Waals surface area contributed by atoms with Crippen molar-refractivity contribution < 1.29 is 14.7 Å². The van der Waals surface area contributed by atoms with Gasteiger partial charge in [-0.2, -0.15) is 4.52 Å². The van der Waals surface area contributed by atoms with Crippen molar-refractivity contribution in [2.75, 3.05) is 11.4 Å². The summed E-state index contributed by atoms with van der Waals surface area (Å²) >= 11 is 0.